The summed E-state index contributed by atoms with van der Waals surface area (Å²) in [7, 11) is 0. The standard InChI is InChI=1S/C87H58N8/c1-56(90-86(91-57(2)59-29-33-62(34-30-59)70-51-68-15-3-9-21-78(68)88-54-70)66-43-47-72(48-44-66)94-82-23-11-5-17-74(82)75-18-6-12-24-83(75)94)58-27-31-60(32-28-58)61-35-39-64(40-36-61)80-53-81(65-41-37-63(38-42-65)71-52-69-16-4-10-22-79(69)89-55-71)93-87(92-80)67-45-49-73(50-46-67)95-84-25-13-7-19-76(84)77-20-8-14-26-85(77)95/h3-55H,1H2,2H3/b90-86-,91-57+. The van der Waals surface area contributed by atoms with Crippen LogP contribution in [0, 0.1) is 0 Å². The first-order valence-corrected chi connectivity index (χ1v) is 31.9. The molecule has 0 saturated carbocycles. The first-order chi connectivity index (χ1) is 46.9. The van der Waals surface area contributed by atoms with Crippen molar-refractivity contribution in [2.45, 2.75) is 6.92 Å². The summed E-state index contributed by atoms with van der Waals surface area (Å²) in [6.45, 7) is 6.59. The van der Waals surface area contributed by atoms with E-state index in [-0.39, 0.29) is 0 Å². The quantitative estimate of drug-likeness (QED) is 0.0901. The van der Waals surface area contributed by atoms with Gasteiger partial charge in [0.15, 0.2) is 11.7 Å². The normalized spacial score (nSPS) is 12.0. The van der Waals surface area contributed by atoms with Crippen molar-refractivity contribution in [3.05, 3.63) is 345 Å². The Bertz CT molecular complexity index is 5770. The molecule has 0 amide bonds. The molecule has 95 heavy (non-hydrogen) atoms. The van der Waals surface area contributed by atoms with E-state index in [0.717, 1.165) is 139 Å². The third kappa shape index (κ3) is 10.6. The van der Waals surface area contributed by atoms with E-state index in [9.17, 15) is 0 Å². The van der Waals surface area contributed by atoms with E-state index in [2.05, 4.69) is 295 Å². The fraction of sp³-hybridized carbons (Fsp3) is 0.0115. The number of amidine groups is 1. The van der Waals surface area contributed by atoms with E-state index < -0.39 is 0 Å². The van der Waals surface area contributed by atoms with Gasteiger partial charge < -0.3 is 9.13 Å². The van der Waals surface area contributed by atoms with E-state index in [1.54, 1.807) is 0 Å². The maximum atomic E-state index is 5.30. The van der Waals surface area contributed by atoms with E-state index in [4.69, 9.17) is 29.9 Å². The summed E-state index contributed by atoms with van der Waals surface area (Å²) in [5.74, 6) is 1.20. The highest BCUT2D eigenvalue weighted by molar-refractivity contribution is 6.14. The van der Waals surface area contributed by atoms with Crippen LogP contribution < -0.4 is 0 Å². The molecule has 0 aliphatic carbocycles. The van der Waals surface area contributed by atoms with Gasteiger partial charge in [-0.1, -0.05) is 213 Å². The fourth-order valence-corrected chi connectivity index (χ4v) is 13.2. The van der Waals surface area contributed by atoms with Gasteiger partial charge in [0.1, 0.15) is 0 Å². The van der Waals surface area contributed by atoms with Gasteiger partial charge in [-0.05, 0) is 143 Å². The molecule has 0 bridgehead atoms. The van der Waals surface area contributed by atoms with Crippen molar-refractivity contribution in [3.63, 3.8) is 0 Å². The number of fused-ring (bicyclic) bond motifs is 8. The number of para-hydroxylation sites is 6. The Hall–Kier alpha value is -12.8. The Morgan fingerprint density at radius 3 is 1.12 bits per heavy atom. The van der Waals surface area contributed by atoms with Gasteiger partial charge in [0.25, 0.3) is 0 Å². The third-order valence-corrected chi connectivity index (χ3v) is 18.2. The molecule has 0 N–H and O–H groups in total. The summed E-state index contributed by atoms with van der Waals surface area (Å²) < 4.78 is 4.65. The molecule has 0 aliphatic heterocycles. The second-order valence-corrected chi connectivity index (χ2v) is 24.0. The molecule has 0 fully saturated rings. The molecular formula is C87H58N8. The lowest BCUT2D eigenvalue weighted by Gasteiger charge is -2.12. The molecule has 0 atom stereocenters. The van der Waals surface area contributed by atoms with E-state index >= 15 is 0 Å². The summed E-state index contributed by atoms with van der Waals surface area (Å²) in [5, 5.41) is 7.09. The van der Waals surface area contributed by atoms with Crippen molar-refractivity contribution in [2.75, 3.05) is 0 Å². The molecular weight excluding hydrogens is 1160 g/mol. The predicted octanol–water partition coefficient (Wildman–Crippen LogP) is 21.7. The zero-order chi connectivity index (χ0) is 63.3. The van der Waals surface area contributed by atoms with Crippen LogP contribution in [-0.4, -0.2) is 40.6 Å². The van der Waals surface area contributed by atoms with Crippen LogP contribution >= 0.6 is 0 Å². The number of hydrogen-bond donors (Lipinski definition) is 0. The average molecular weight is 1220 g/mol. The number of nitrogens with zero attached hydrogens (tertiary/aromatic N) is 8. The second-order valence-electron chi connectivity index (χ2n) is 24.0. The van der Waals surface area contributed by atoms with Crippen LogP contribution in [0.25, 0.3) is 150 Å². The van der Waals surface area contributed by atoms with Gasteiger partial charge in [0.2, 0.25) is 0 Å². The van der Waals surface area contributed by atoms with E-state index in [0.29, 0.717) is 17.4 Å². The highest BCUT2D eigenvalue weighted by atomic mass is 15.0. The van der Waals surface area contributed by atoms with Crippen molar-refractivity contribution in [2.24, 2.45) is 9.98 Å². The third-order valence-electron chi connectivity index (χ3n) is 18.2. The van der Waals surface area contributed by atoms with E-state index in [1.165, 1.54) is 21.5 Å². The molecule has 0 unspecified atom stereocenters. The molecule has 446 valence electrons. The van der Waals surface area contributed by atoms with Crippen molar-refractivity contribution in [3.8, 4) is 78.7 Å². The maximum Gasteiger partial charge on any atom is 0.160 e. The first kappa shape index (κ1) is 56.2. The van der Waals surface area contributed by atoms with Crippen molar-refractivity contribution >= 4 is 82.7 Å². The largest absolute Gasteiger partial charge is 0.309 e. The minimum Gasteiger partial charge on any atom is -0.309 e. The van der Waals surface area contributed by atoms with Crippen LogP contribution in [0.2, 0.25) is 0 Å². The molecule has 17 aromatic rings. The Morgan fingerprint density at radius 1 is 0.316 bits per heavy atom. The average Bonchev–Trinajstić information content (AvgIpc) is 1.62. The Labute approximate surface area is 549 Å². The molecule has 8 nitrogen and oxygen atoms in total. The van der Waals surface area contributed by atoms with Gasteiger partial charge in [-0.2, -0.15) is 0 Å². The molecule has 5 aromatic heterocycles. The summed E-state index contributed by atoms with van der Waals surface area (Å²) >= 11 is 0. The highest BCUT2D eigenvalue weighted by Gasteiger charge is 2.18. The fourth-order valence-electron chi connectivity index (χ4n) is 13.2. The summed E-state index contributed by atoms with van der Waals surface area (Å²) in [6.07, 6.45) is 3.88. The lowest BCUT2D eigenvalue weighted by atomic mass is 9.99. The topological polar surface area (TPSA) is 86.1 Å². The molecule has 0 aliphatic rings. The van der Waals surface area contributed by atoms with Crippen LogP contribution in [0.15, 0.2) is 338 Å². The van der Waals surface area contributed by atoms with Crippen LogP contribution in [0.3, 0.4) is 0 Å². The molecule has 12 aromatic carbocycles. The molecule has 0 saturated heterocycles. The van der Waals surface area contributed by atoms with Crippen LogP contribution in [0.4, 0.5) is 0 Å². The summed E-state index contributed by atoms with van der Waals surface area (Å²) in [5.41, 5.74) is 23.8. The molecule has 17 rings (SSSR count). The maximum absolute atomic E-state index is 5.30. The number of aliphatic imine (C=N–C) groups is 2. The van der Waals surface area contributed by atoms with Crippen LogP contribution in [0.1, 0.15) is 23.6 Å². The second kappa shape index (κ2) is 23.8. The molecule has 8 heteroatoms. The Kier molecular flexibility index (Phi) is 14.1. The van der Waals surface area contributed by atoms with E-state index in [1.807, 2.05) is 49.6 Å². The predicted molar refractivity (Wildman–Crippen MR) is 395 cm³/mol. The number of benzene rings is 12. The molecule has 5 heterocycles. The smallest absolute Gasteiger partial charge is 0.160 e. The summed E-state index contributed by atoms with van der Waals surface area (Å²) in [6, 6.07) is 109. The minimum absolute atomic E-state index is 0.562. The first-order valence-electron chi connectivity index (χ1n) is 31.9. The lowest BCUT2D eigenvalue weighted by molar-refractivity contribution is 1.16. The van der Waals surface area contributed by atoms with Gasteiger partial charge in [-0.3, -0.25) is 9.97 Å². The van der Waals surface area contributed by atoms with Crippen LogP contribution in [-0.2, 0) is 0 Å². The zero-order valence-electron chi connectivity index (χ0n) is 51.9. The monoisotopic (exact) mass is 1210 g/mol. The van der Waals surface area contributed by atoms with Gasteiger partial charge >= 0.3 is 0 Å². The van der Waals surface area contributed by atoms with Gasteiger partial charge in [-0.15, -0.1) is 0 Å². The van der Waals surface area contributed by atoms with Crippen LogP contribution in [0.5, 0.6) is 0 Å². The van der Waals surface area contributed by atoms with Crippen molar-refractivity contribution in [1.29, 1.82) is 0 Å². The molecule has 0 spiro atoms. The highest BCUT2D eigenvalue weighted by Crippen LogP contribution is 2.37. The number of pyridine rings is 2. The summed E-state index contributed by atoms with van der Waals surface area (Å²) in [4.78, 5) is 30.6. The SMILES string of the molecule is C=C(/N=C(\N=C(/C)c1ccc(-c2cnc3ccccc3c2)cc1)c1ccc(-n2c3ccccc3c3ccccc32)cc1)c1ccc(-c2ccc(-c3cc(-c4ccc(-c5cnc6ccccc6c5)cc4)nc(-c4ccc(-n5c6ccccc6c6ccccc65)cc4)n3)cc2)cc1. The number of rotatable bonds is 12. The van der Waals surface area contributed by atoms with Gasteiger partial charge in [-0.25, -0.2) is 20.0 Å². The number of aromatic nitrogens is 6. The van der Waals surface area contributed by atoms with Gasteiger partial charge in [0, 0.05) is 95.2 Å². The van der Waals surface area contributed by atoms with Crippen molar-refractivity contribution in [1.82, 2.24) is 29.1 Å². The van der Waals surface area contributed by atoms with Gasteiger partial charge in [0.05, 0.1) is 50.2 Å². The lowest BCUT2D eigenvalue weighted by Crippen LogP contribution is -2.05. The zero-order valence-corrected chi connectivity index (χ0v) is 51.9. The Balaban J connectivity index is 0.679. The Morgan fingerprint density at radius 2 is 0.663 bits per heavy atom. The molecule has 0 radical (unpaired) electrons. The minimum atomic E-state index is 0.562. The van der Waals surface area contributed by atoms with Crippen molar-refractivity contribution < 1.29 is 0 Å². The number of hydrogen-bond acceptors (Lipinski definition) is 5.